The molecule has 0 radical (unpaired) electrons. The number of halogens is 1. The van der Waals surface area contributed by atoms with Crippen LogP contribution < -0.4 is 9.46 Å². The van der Waals surface area contributed by atoms with Crippen LogP contribution in [0.25, 0.3) is 0 Å². The molecule has 0 fully saturated rings. The highest BCUT2D eigenvalue weighted by atomic mass is 35.5. The van der Waals surface area contributed by atoms with Crippen molar-refractivity contribution in [1.82, 2.24) is 24.3 Å². The van der Waals surface area contributed by atoms with E-state index in [0.29, 0.717) is 24.6 Å². The predicted octanol–water partition coefficient (Wildman–Crippen LogP) is 1.54. The zero-order valence-corrected chi connectivity index (χ0v) is 14.8. The Morgan fingerprint density at radius 3 is 2.84 bits per heavy atom. The van der Waals surface area contributed by atoms with Crippen LogP contribution in [0.5, 0.6) is 5.75 Å². The minimum Gasteiger partial charge on any atom is -0.492 e. The summed E-state index contributed by atoms with van der Waals surface area (Å²) < 4.78 is 35.9. The van der Waals surface area contributed by atoms with Crippen LogP contribution in [0, 0.1) is 0 Å². The normalized spacial score (nSPS) is 11.4. The van der Waals surface area contributed by atoms with Gasteiger partial charge in [0, 0.05) is 13.1 Å². The van der Waals surface area contributed by atoms with E-state index in [2.05, 4.69) is 19.8 Å². The molecule has 0 aliphatic carbocycles. The van der Waals surface area contributed by atoms with Gasteiger partial charge >= 0.3 is 0 Å². The lowest BCUT2D eigenvalue weighted by Gasteiger charge is -2.10. The highest BCUT2D eigenvalue weighted by molar-refractivity contribution is 7.92. The molecule has 11 heteroatoms. The van der Waals surface area contributed by atoms with Crippen LogP contribution in [0.15, 0.2) is 48.3 Å². The second-order valence-corrected chi connectivity index (χ2v) is 7.05. The lowest BCUT2D eigenvalue weighted by Crippen LogP contribution is -2.14. The number of hydrogen-bond donors (Lipinski definition) is 1. The molecule has 2 heterocycles. The first-order chi connectivity index (χ1) is 12.0. The summed E-state index contributed by atoms with van der Waals surface area (Å²) in [5.74, 6) is 0.521. The zero-order valence-electron chi connectivity index (χ0n) is 13.2. The molecule has 3 rings (SSSR count). The molecular weight excluding hydrogens is 368 g/mol. The average Bonchev–Trinajstić information content (AvgIpc) is 3.18. The lowest BCUT2D eigenvalue weighted by molar-refractivity contribution is 0.291. The number of rotatable bonds is 7. The summed E-state index contributed by atoms with van der Waals surface area (Å²) in [7, 11) is -2.28. The van der Waals surface area contributed by atoms with Gasteiger partial charge in [-0.05, 0) is 12.1 Å². The van der Waals surface area contributed by atoms with Crippen molar-refractivity contribution in [2.45, 2.75) is 11.6 Å². The van der Waals surface area contributed by atoms with Crippen LogP contribution in [0.4, 0.5) is 5.69 Å². The number of anilines is 1. The molecule has 0 saturated heterocycles. The standard InChI is InChI=1S/C14H15ClN6O3S/c1-20-10-17-14(13(20)15)25(22,23)19-11-3-2-4-12(7-11)24-6-5-21-9-16-8-18-21/h2-4,7-10,19H,5-6H2,1H3. The Morgan fingerprint density at radius 1 is 1.32 bits per heavy atom. The number of sulfonamides is 1. The molecule has 0 aliphatic rings. The molecule has 25 heavy (non-hydrogen) atoms. The van der Waals surface area contributed by atoms with Gasteiger partial charge in [0.1, 0.15) is 30.2 Å². The number of imidazole rings is 1. The molecule has 132 valence electrons. The lowest BCUT2D eigenvalue weighted by atomic mass is 10.3. The molecule has 0 amide bonds. The Morgan fingerprint density at radius 2 is 2.16 bits per heavy atom. The third kappa shape index (κ3) is 4.09. The highest BCUT2D eigenvalue weighted by Gasteiger charge is 2.22. The van der Waals surface area contributed by atoms with E-state index in [9.17, 15) is 8.42 Å². The first kappa shape index (κ1) is 17.2. The molecular formula is C14H15ClN6O3S. The van der Waals surface area contributed by atoms with Crippen LogP contribution in [0.2, 0.25) is 5.15 Å². The molecule has 1 aromatic carbocycles. The molecule has 0 aliphatic heterocycles. The molecule has 9 nitrogen and oxygen atoms in total. The Balaban J connectivity index is 1.67. The van der Waals surface area contributed by atoms with E-state index >= 15 is 0 Å². The van der Waals surface area contributed by atoms with Gasteiger partial charge in [0.2, 0.25) is 5.03 Å². The van der Waals surface area contributed by atoms with Crippen LogP contribution in [-0.4, -0.2) is 39.3 Å². The van der Waals surface area contributed by atoms with E-state index < -0.39 is 10.0 Å². The van der Waals surface area contributed by atoms with Crippen LogP contribution in [0.1, 0.15) is 0 Å². The van der Waals surface area contributed by atoms with Crippen molar-refractivity contribution >= 4 is 27.3 Å². The van der Waals surface area contributed by atoms with Crippen molar-refractivity contribution in [3.63, 3.8) is 0 Å². The van der Waals surface area contributed by atoms with Crippen molar-refractivity contribution in [1.29, 1.82) is 0 Å². The van der Waals surface area contributed by atoms with E-state index in [4.69, 9.17) is 16.3 Å². The largest absolute Gasteiger partial charge is 0.492 e. The summed E-state index contributed by atoms with van der Waals surface area (Å²) in [6, 6.07) is 6.60. The number of hydrogen-bond acceptors (Lipinski definition) is 6. The Labute approximate surface area is 149 Å². The molecule has 0 spiro atoms. The van der Waals surface area contributed by atoms with Crippen molar-refractivity contribution < 1.29 is 13.2 Å². The molecule has 3 aromatic rings. The third-order valence-electron chi connectivity index (χ3n) is 3.23. The van der Waals surface area contributed by atoms with Crippen molar-refractivity contribution in [2.24, 2.45) is 7.05 Å². The number of ether oxygens (including phenoxy) is 1. The summed E-state index contributed by atoms with van der Waals surface area (Å²) in [5.41, 5.74) is 0.347. The van der Waals surface area contributed by atoms with E-state index in [1.807, 2.05) is 0 Å². The maximum absolute atomic E-state index is 12.4. The summed E-state index contributed by atoms with van der Waals surface area (Å²) in [4.78, 5) is 7.66. The molecule has 0 bridgehead atoms. The minimum absolute atomic E-state index is 0.0349. The summed E-state index contributed by atoms with van der Waals surface area (Å²) in [5, 5.41) is 3.78. The fourth-order valence-electron chi connectivity index (χ4n) is 2.03. The quantitative estimate of drug-likeness (QED) is 0.664. The number of benzene rings is 1. The second kappa shape index (κ2) is 7.11. The summed E-state index contributed by atoms with van der Waals surface area (Å²) >= 11 is 5.95. The third-order valence-corrected chi connectivity index (χ3v) is 5.10. The van der Waals surface area contributed by atoms with Gasteiger partial charge < -0.3 is 9.30 Å². The molecule has 1 N–H and O–H groups in total. The second-order valence-electron chi connectivity index (χ2n) is 5.09. The van der Waals surface area contributed by atoms with Crippen molar-refractivity contribution in [3.05, 3.63) is 48.4 Å². The number of nitrogens with one attached hydrogen (secondary N) is 1. The monoisotopic (exact) mass is 382 g/mol. The highest BCUT2D eigenvalue weighted by Crippen LogP contribution is 2.24. The Bertz CT molecular complexity index is 955. The zero-order chi connectivity index (χ0) is 17.9. The van der Waals surface area contributed by atoms with Gasteiger partial charge in [-0.2, -0.15) is 13.5 Å². The van der Waals surface area contributed by atoms with Gasteiger partial charge in [0.25, 0.3) is 10.0 Å². The van der Waals surface area contributed by atoms with Crippen molar-refractivity contribution in [3.8, 4) is 5.75 Å². The van der Waals surface area contributed by atoms with Crippen LogP contribution in [-0.2, 0) is 23.6 Å². The fourth-order valence-corrected chi connectivity index (χ4v) is 3.51. The van der Waals surface area contributed by atoms with Crippen molar-refractivity contribution in [2.75, 3.05) is 11.3 Å². The number of aromatic nitrogens is 5. The molecule has 0 saturated carbocycles. The Kier molecular flexibility index (Phi) is 4.91. The molecule has 2 aromatic heterocycles. The van der Waals surface area contributed by atoms with Crippen LogP contribution >= 0.6 is 11.6 Å². The van der Waals surface area contributed by atoms with Gasteiger partial charge in [-0.25, -0.2) is 14.6 Å². The maximum atomic E-state index is 12.4. The minimum atomic E-state index is -3.89. The first-order valence-corrected chi connectivity index (χ1v) is 9.07. The van der Waals surface area contributed by atoms with E-state index in [-0.39, 0.29) is 10.2 Å². The summed E-state index contributed by atoms with van der Waals surface area (Å²) in [6.45, 7) is 0.894. The number of aryl methyl sites for hydroxylation is 1. The van der Waals surface area contributed by atoms with Crippen LogP contribution in [0.3, 0.4) is 0 Å². The maximum Gasteiger partial charge on any atom is 0.282 e. The predicted molar refractivity (Wildman–Crippen MR) is 91.0 cm³/mol. The topological polar surface area (TPSA) is 104 Å². The smallest absolute Gasteiger partial charge is 0.282 e. The van der Waals surface area contributed by atoms with E-state index in [1.165, 1.54) is 17.2 Å². The first-order valence-electron chi connectivity index (χ1n) is 7.20. The van der Waals surface area contributed by atoms with Gasteiger partial charge in [-0.15, -0.1) is 0 Å². The number of nitrogens with zero attached hydrogens (tertiary/aromatic N) is 5. The van der Waals surface area contributed by atoms with E-state index in [1.54, 1.807) is 42.3 Å². The average molecular weight is 383 g/mol. The van der Waals surface area contributed by atoms with Gasteiger partial charge in [-0.3, -0.25) is 4.72 Å². The molecule has 0 atom stereocenters. The fraction of sp³-hybridized carbons (Fsp3) is 0.214. The molecule has 0 unspecified atom stereocenters. The van der Waals surface area contributed by atoms with Gasteiger partial charge in [-0.1, -0.05) is 17.7 Å². The van der Waals surface area contributed by atoms with Gasteiger partial charge in [0.15, 0.2) is 0 Å². The Hall–Kier alpha value is -2.59. The SMILES string of the molecule is Cn1cnc(S(=O)(=O)Nc2cccc(OCCn3cncn3)c2)c1Cl. The van der Waals surface area contributed by atoms with E-state index in [0.717, 1.165) is 0 Å². The summed E-state index contributed by atoms with van der Waals surface area (Å²) in [6.07, 6.45) is 4.36. The van der Waals surface area contributed by atoms with Gasteiger partial charge in [0.05, 0.1) is 18.6 Å².